The van der Waals surface area contributed by atoms with Crippen molar-refractivity contribution in [3.63, 3.8) is 0 Å². The summed E-state index contributed by atoms with van der Waals surface area (Å²) in [6.07, 6.45) is 3.62. The fourth-order valence-electron chi connectivity index (χ4n) is 2.12. The van der Waals surface area contributed by atoms with Crippen molar-refractivity contribution in [1.82, 2.24) is 10.2 Å². The molecule has 0 saturated carbocycles. The highest BCUT2D eigenvalue weighted by atomic mass is 16.4. The standard InChI is InChI=1S/C6H11NO2.C5H9NO2/c1-7-4-2-3-5(7)6(8)9;7-5(8)4-2-1-3-6-4/h5H,2-4H2,1H3,(H,8,9);4,6H,1-3H2,(H,7,8)/t5-;4-/m00/s1. The van der Waals surface area contributed by atoms with Gasteiger partial charge in [0.05, 0.1) is 0 Å². The average molecular weight is 244 g/mol. The summed E-state index contributed by atoms with van der Waals surface area (Å²) >= 11 is 0. The van der Waals surface area contributed by atoms with E-state index >= 15 is 0 Å². The first kappa shape index (κ1) is 13.9. The van der Waals surface area contributed by atoms with Crippen LogP contribution < -0.4 is 5.32 Å². The summed E-state index contributed by atoms with van der Waals surface area (Å²) in [4.78, 5) is 22.4. The van der Waals surface area contributed by atoms with E-state index in [1.165, 1.54) is 0 Å². The van der Waals surface area contributed by atoms with Gasteiger partial charge in [0.25, 0.3) is 0 Å². The molecule has 2 aliphatic rings. The van der Waals surface area contributed by atoms with Gasteiger partial charge in [0.15, 0.2) is 0 Å². The molecule has 2 rings (SSSR count). The summed E-state index contributed by atoms with van der Waals surface area (Å²) in [6.45, 7) is 1.79. The Kier molecular flexibility index (Phi) is 5.37. The van der Waals surface area contributed by atoms with Crippen LogP contribution in [0.4, 0.5) is 0 Å². The lowest BCUT2D eigenvalue weighted by molar-refractivity contribution is -0.141. The third-order valence-corrected chi connectivity index (χ3v) is 3.16. The van der Waals surface area contributed by atoms with Crippen molar-refractivity contribution < 1.29 is 19.8 Å². The van der Waals surface area contributed by atoms with Crippen LogP contribution in [-0.4, -0.2) is 59.3 Å². The van der Waals surface area contributed by atoms with Gasteiger partial charge in [0.1, 0.15) is 12.1 Å². The normalized spacial score (nSPS) is 28.5. The van der Waals surface area contributed by atoms with Crippen LogP contribution >= 0.6 is 0 Å². The van der Waals surface area contributed by atoms with Gasteiger partial charge in [-0.15, -0.1) is 0 Å². The molecule has 6 heteroatoms. The second-order valence-electron chi connectivity index (χ2n) is 4.46. The average Bonchev–Trinajstić information content (AvgIpc) is 2.87. The van der Waals surface area contributed by atoms with E-state index in [2.05, 4.69) is 5.32 Å². The second-order valence-corrected chi connectivity index (χ2v) is 4.46. The Labute approximate surface area is 101 Å². The number of aliphatic carboxylic acids is 2. The number of carboxylic acids is 2. The maximum Gasteiger partial charge on any atom is 0.320 e. The first-order chi connectivity index (χ1) is 8.02. The highest BCUT2D eigenvalue weighted by Crippen LogP contribution is 2.13. The predicted octanol–water partition coefficient (Wildman–Crippen LogP) is -0.0118. The van der Waals surface area contributed by atoms with Gasteiger partial charge >= 0.3 is 11.9 Å². The van der Waals surface area contributed by atoms with Gasteiger partial charge < -0.3 is 15.5 Å². The van der Waals surface area contributed by atoms with E-state index in [-0.39, 0.29) is 12.1 Å². The molecule has 0 aliphatic carbocycles. The maximum atomic E-state index is 10.4. The molecule has 17 heavy (non-hydrogen) atoms. The van der Waals surface area contributed by atoms with Crippen molar-refractivity contribution >= 4 is 11.9 Å². The third kappa shape index (κ3) is 4.32. The Morgan fingerprint density at radius 3 is 2.12 bits per heavy atom. The number of rotatable bonds is 2. The molecular formula is C11H20N2O4. The van der Waals surface area contributed by atoms with E-state index in [0.717, 1.165) is 38.8 Å². The molecule has 98 valence electrons. The molecule has 2 atom stereocenters. The quantitative estimate of drug-likeness (QED) is 0.633. The molecule has 0 unspecified atom stereocenters. The highest BCUT2D eigenvalue weighted by Gasteiger charge is 2.26. The lowest BCUT2D eigenvalue weighted by Crippen LogP contribution is -2.32. The van der Waals surface area contributed by atoms with Crippen molar-refractivity contribution in [1.29, 1.82) is 0 Å². The molecule has 0 amide bonds. The van der Waals surface area contributed by atoms with E-state index in [1.54, 1.807) is 0 Å². The van der Waals surface area contributed by atoms with Crippen LogP contribution in [0.15, 0.2) is 0 Å². The molecule has 0 aromatic rings. The number of likely N-dealkylation sites (N-methyl/N-ethyl adjacent to an activating group) is 1. The van der Waals surface area contributed by atoms with E-state index in [9.17, 15) is 9.59 Å². The smallest absolute Gasteiger partial charge is 0.320 e. The fraction of sp³-hybridized carbons (Fsp3) is 0.818. The summed E-state index contributed by atoms with van der Waals surface area (Å²) < 4.78 is 0. The molecule has 2 aliphatic heterocycles. The van der Waals surface area contributed by atoms with E-state index < -0.39 is 11.9 Å². The Hall–Kier alpha value is -1.14. The first-order valence-corrected chi connectivity index (χ1v) is 5.91. The zero-order chi connectivity index (χ0) is 12.8. The minimum Gasteiger partial charge on any atom is -0.480 e. The summed E-state index contributed by atoms with van der Waals surface area (Å²) in [6, 6.07) is -0.486. The molecule has 0 aromatic heterocycles. The Morgan fingerprint density at radius 2 is 1.88 bits per heavy atom. The van der Waals surface area contributed by atoms with Crippen molar-refractivity contribution in [2.75, 3.05) is 20.1 Å². The second kappa shape index (κ2) is 6.56. The van der Waals surface area contributed by atoms with Crippen molar-refractivity contribution in [3.8, 4) is 0 Å². The van der Waals surface area contributed by atoms with Gasteiger partial charge in [0.2, 0.25) is 0 Å². The monoisotopic (exact) mass is 244 g/mol. The van der Waals surface area contributed by atoms with Crippen LogP contribution in [0.5, 0.6) is 0 Å². The van der Waals surface area contributed by atoms with Gasteiger partial charge in [0, 0.05) is 0 Å². The highest BCUT2D eigenvalue weighted by molar-refractivity contribution is 5.74. The summed E-state index contributed by atoms with van der Waals surface area (Å²) in [5, 5.41) is 19.7. The largest absolute Gasteiger partial charge is 0.480 e. The lowest BCUT2D eigenvalue weighted by Gasteiger charge is -2.13. The topological polar surface area (TPSA) is 89.9 Å². The van der Waals surface area contributed by atoms with Crippen LogP contribution in [0.25, 0.3) is 0 Å². The number of hydrogen-bond donors (Lipinski definition) is 3. The lowest BCUT2D eigenvalue weighted by atomic mass is 10.2. The third-order valence-electron chi connectivity index (χ3n) is 3.16. The van der Waals surface area contributed by atoms with Crippen molar-refractivity contribution in [2.45, 2.75) is 37.8 Å². The SMILES string of the molecule is CN1CCC[C@H]1C(=O)O.O=C(O)[C@@H]1CCCN1. The van der Waals surface area contributed by atoms with Crippen molar-refractivity contribution in [3.05, 3.63) is 0 Å². The number of hydrogen-bond acceptors (Lipinski definition) is 4. The predicted molar refractivity (Wildman–Crippen MR) is 61.9 cm³/mol. The van der Waals surface area contributed by atoms with Gasteiger partial charge in [-0.2, -0.15) is 0 Å². The molecule has 0 spiro atoms. The molecular weight excluding hydrogens is 224 g/mol. The van der Waals surface area contributed by atoms with Crippen LogP contribution in [-0.2, 0) is 9.59 Å². The van der Waals surface area contributed by atoms with Crippen LogP contribution in [0.3, 0.4) is 0 Å². The van der Waals surface area contributed by atoms with E-state index in [0.29, 0.717) is 0 Å². The fourth-order valence-corrected chi connectivity index (χ4v) is 2.12. The van der Waals surface area contributed by atoms with Gasteiger partial charge in [-0.3, -0.25) is 14.5 Å². The zero-order valence-electron chi connectivity index (χ0n) is 10.1. The molecule has 2 fully saturated rings. The van der Waals surface area contributed by atoms with Gasteiger partial charge in [-0.05, 0) is 45.8 Å². The Bertz CT molecular complexity index is 277. The molecule has 0 radical (unpaired) electrons. The van der Waals surface area contributed by atoms with E-state index in [4.69, 9.17) is 10.2 Å². The number of nitrogens with zero attached hydrogens (tertiary/aromatic N) is 1. The first-order valence-electron chi connectivity index (χ1n) is 5.91. The van der Waals surface area contributed by atoms with Crippen molar-refractivity contribution in [2.24, 2.45) is 0 Å². The molecule has 0 aromatic carbocycles. The maximum absolute atomic E-state index is 10.4. The van der Waals surface area contributed by atoms with Crippen LogP contribution in [0.1, 0.15) is 25.7 Å². The zero-order valence-corrected chi connectivity index (χ0v) is 10.1. The van der Waals surface area contributed by atoms with Gasteiger partial charge in [-0.1, -0.05) is 0 Å². The summed E-state index contributed by atoms with van der Waals surface area (Å²) in [7, 11) is 1.85. The van der Waals surface area contributed by atoms with Crippen LogP contribution in [0, 0.1) is 0 Å². The summed E-state index contributed by atoms with van der Waals surface area (Å²) in [5.41, 5.74) is 0. The van der Waals surface area contributed by atoms with Crippen LogP contribution in [0.2, 0.25) is 0 Å². The molecule has 3 N–H and O–H groups in total. The molecule has 2 saturated heterocycles. The number of nitrogens with one attached hydrogen (secondary N) is 1. The number of likely N-dealkylation sites (tertiary alicyclic amines) is 1. The minimum atomic E-state index is -0.720. The minimum absolute atomic E-state index is 0.218. The molecule has 0 bridgehead atoms. The number of carboxylic acid groups (broad SMARTS) is 2. The molecule has 2 heterocycles. The van der Waals surface area contributed by atoms with E-state index in [1.807, 2.05) is 11.9 Å². The van der Waals surface area contributed by atoms with Gasteiger partial charge in [-0.25, -0.2) is 0 Å². The number of carbonyl (C=O) groups is 2. The molecule has 6 nitrogen and oxygen atoms in total. The Balaban J connectivity index is 0.000000171. The summed E-state index contributed by atoms with van der Waals surface area (Å²) in [5.74, 6) is -1.41. The Morgan fingerprint density at radius 1 is 1.18 bits per heavy atom.